The number of hydrogen-bond acceptors (Lipinski definition) is 4. The van der Waals surface area contributed by atoms with Gasteiger partial charge in [-0.2, -0.15) is 0 Å². The Morgan fingerprint density at radius 3 is 1.60 bits per heavy atom. The van der Waals surface area contributed by atoms with Crippen LogP contribution in [0.1, 0.15) is 96.8 Å². The van der Waals surface area contributed by atoms with E-state index in [4.69, 9.17) is 5.11 Å². The summed E-state index contributed by atoms with van der Waals surface area (Å²) in [5.74, 6) is -1.78. The van der Waals surface area contributed by atoms with Gasteiger partial charge in [-0.05, 0) is 6.42 Å². The van der Waals surface area contributed by atoms with E-state index in [1.54, 1.807) is 0 Å². The molecule has 0 spiro atoms. The Kier molecular flexibility index (Phi) is 21.9. The maximum Gasteiger partial charge on any atom is 1.00 e. The third kappa shape index (κ3) is 18.5. The van der Waals surface area contributed by atoms with Gasteiger partial charge in [-0.15, -0.1) is 0 Å². The van der Waals surface area contributed by atoms with Crippen LogP contribution in [0.5, 0.6) is 0 Å². The molecule has 0 bridgehead atoms. The van der Waals surface area contributed by atoms with E-state index in [2.05, 4.69) is 12.2 Å². The summed E-state index contributed by atoms with van der Waals surface area (Å²) in [5.41, 5.74) is 0. The minimum atomic E-state index is -1.45. The molecule has 0 saturated carbocycles. The van der Waals surface area contributed by atoms with Crippen LogP contribution in [-0.2, 0) is 9.59 Å². The Bertz CT molecular complexity index is 327. The average Bonchev–Trinajstić information content (AvgIpc) is 2.56. The van der Waals surface area contributed by atoms with Gasteiger partial charge in [-0.3, -0.25) is 4.79 Å². The van der Waals surface area contributed by atoms with E-state index in [0.29, 0.717) is 6.42 Å². The zero-order valence-corrected chi connectivity index (χ0v) is 18.4. The Morgan fingerprint density at radius 2 is 1.24 bits per heavy atom. The summed E-state index contributed by atoms with van der Waals surface area (Å²) in [5, 5.41) is 21.6. The Hall–Kier alpha value is -0.100. The smallest absolute Gasteiger partial charge is 0.548 e. The molecule has 1 unspecified atom stereocenters. The first-order valence-electron chi connectivity index (χ1n) is 9.72. The summed E-state index contributed by atoms with van der Waals surface area (Å²) < 4.78 is 0. The van der Waals surface area contributed by atoms with Gasteiger partial charge >= 0.3 is 29.6 Å². The second-order valence-electron chi connectivity index (χ2n) is 6.61. The van der Waals surface area contributed by atoms with Crippen molar-refractivity contribution in [2.24, 2.45) is 0 Å². The molecule has 0 rings (SSSR count). The fourth-order valence-electron chi connectivity index (χ4n) is 2.75. The van der Waals surface area contributed by atoms with E-state index in [0.717, 1.165) is 19.3 Å². The number of rotatable bonds is 17. The van der Waals surface area contributed by atoms with Crippen molar-refractivity contribution >= 4 is 11.9 Å². The van der Waals surface area contributed by atoms with Gasteiger partial charge in [0.15, 0.2) is 0 Å². The van der Waals surface area contributed by atoms with Crippen molar-refractivity contribution in [3.05, 3.63) is 0 Å². The number of amides is 1. The number of nitrogens with one attached hydrogen (secondary N) is 1. The van der Waals surface area contributed by atoms with E-state index >= 15 is 0 Å². The topological polar surface area (TPSA) is 89.5 Å². The van der Waals surface area contributed by atoms with Gasteiger partial charge in [0.1, 0.15) is 0 Å². The van der Waals surface area contributed by atoms with Crippen molar-refractivity contribution in [3.63, 3.8) is 0 Å². The van der Waals surface area contributed by atoms with Crippen LogP contribution in [0, 0.1) is 0 Å². The number of carbonyl (C=O) groups excluding carboxylic acids is 2. The van der Waals surface area contributed by atoms with Gasteiger partial charge in [0.2, 0.25) is 5.91 Å². The van der Waals surface area contributed by atoms with Gasteiger partial charge in [-0.1, -0.05) is 84.0 Å². The summed E-state index contributed by atoms with van der Waals surface area (Å²) in [6, 6.07) is -1.29. The zero-order chi connectivity index (χ0) is 18.0. The molecule has 25 heavy (non-hydrogen) atoms. The van der Waals surface area contributed by atoms with Crippen LogP contribution < -0.4 is 40.0 Å². The van der Waals surface area contributed by atoms with Crippen LogP contribution in [0.25, 0.3) is 0 Å². The Balaban J connectivity index is 0. The molecule has 0 aliphatic heterocycles. The van der Waals surface area contributed by atoms with E-state index in [-0.39, 0.29) is 35.5 Å². The summed E-state index contributed by atoms with van der Waals surface area (Å²) in [6.07, 6.45) is 16.4. The fourth-order valence-corrected chi connectivity index (χ4v) is 2.75. The van der Waals surface area contributed by atoms with E-state index < -0.39 is 18.6 Å². The average molecular weight is 365 g/mol. The first kappa shape index (κ1) is 27.1. The number of aliphatic hydroxyl groups is 1. The van der Waals surface area contributed by atoms with Crippen molar-refractivity contribution in [1.29, 1.82) is 0 Å². The maximum absolute atomic E-state index is 11.5. The number of carboxylic acids is 1. The third-order valence-electron chi connectivity index (χ3n) is 4.31. The van der Waals surface area contributed by atoms with Crippen LogP contribution in [0.4, 0.5) is 0 Å². The van der Waals surface area contributed by atoms with Crippen LogP contribution >= 0.6 is 0 Å². The summed E-state index contributed by atoms with van der Waals surface area (Å²) in [7, 11) is 0. The SMILES string of the molecule is CCCCCCCCCCCCCCCC(=O)NC(CO)C(=O)[O-].[Na+]. The van der Waals surface area contributed by atoms with Crippen molar-refractivity contribution in [1.82, 2.24) is 5.32 Å². The standard InChI is InChI=1S/C19H37NO4.Na/c1-2-3-4-5-6-7-8-9-10-11-12-13-14-15-18(22)20-17(16-21)19(23)24;/h17,21H,2-16H2,1H3,(H,20,22)(H,23,24);/q;+1/p-1. The number of carboxylic acid groups (broad SMARTS) is 1. The molecule has 1 amide bonds. The van der Waals surface area contributed by atoms with Crippen molar-refractivity contribution < 1.29 is 49.4 Å². The maximum atomic E-state index is 11.5. The fraction of sp³-hybridized carbons (Fsp3) is 0.895. The van der Waals surface area contributed by atoms with Gasteiger partial charge < -0.3 is 20.3 Å². The van der Waals surface area contributed by atoms with Crippen LogP contribution in [0.2, 0.25) is 0 Å². The third-order valence-corrected chi connectivity index (χ3v) is 4.31. The predicted octanol–water partition coefficient (Wildman–Crippen LogP) is -0.301. The van der Waals surface area contributed by atoms with E-state index in [1.807, 2.05) is 0 Å². The molecule has 0 fully saturated rings. The summed E-state index contributed by atoms with van der Waals surface area (Å²) >= 11 is 0. The first-order chi connectivity index (χ1) is 11.6. The molecule has 0 aromatic carbocycles. The summed E-state index contributed by atoms with van der Waals surface area (Å²) in [4.78, 5) is 22.1. The molecule has 142 valence electrons. The van der Waals surface area contributed by atoms with E-state index in [9.17, 15) is 14.7 Å². The molecular formula is C19H36NNaO4. The molecule has 0 heterocycles. The molecule has 0 aliphatic carbocycles. The number of aliphatic hydroxyl groups excluding tert-OH is 1. The first-order valence-corrected chi connectivity index (χ1v) is 9.72. The monoisotopic (exact) mass is 365 g/mol. The van der Waals surface area contributed by atoms with Crippen molar-refractivity contribution in [3.8, 4) is 0 Å². The minimum Gasteiger partial charge on any atom is -0.548 e. The molecule has 0 aliphatic rings. The molecule has 2 N–H and O–H groups in total. The van der Waals surface area contributed by atoms with Gasteiger partial charge in [0.05, 0.1) is 18.6 Å². The summed E-state index contributed by atoms with van der Waals surface area (Å²) in [6.45, 7) is 1.61. The molecule has 5 nitrogen and oxygen atoms in total. The molecule has 6 heteroatoms. The Labute approximate surface area is 175 Å². The number of unbranched alkanes of at least 4 members (excludes halogenated alkanes) is 12. The second kappa shape index (κ2) is 20.2. The molecular weight excluding hydrogens is 329 g/mol. The van der Waals surface area contributed by atoms with Crippen LogP contribution in [0.3, 0.4) is 0 Å². The molecule has 1 atom stereocenters. The molecule has 0 radical (unpaired) electrons. The molecule has 0 aromatic heterocycles. The molecule has 0 aromatic rings. The number of carbonyl (C=O) groups is 2. The molecule has 0 saturated heterocycles. The predicted molar refractivity (Wildman–Crippen MR) is 94.3 cm³/mol. The second-order valence-corrected chi connectivity index (χ2v) is 6.61. The van der Waals surface area contributed by atoms with Crippen molar-refractivity contribution in [2.75, 3.05) is 6.61 Å². The van der Waals surface area contributed by atoms with E-state index in [1.165, 1.54) is 64.2 Å². The van der Waals surface area contributed by atoms with Crippen LogP contribution in [0.15, 0.2) is 0 Å². The van der Waals surface area contributed by atoms with Gasteiger partial charge in [0, 0.05) is 6.42 Å². The van der Waals surface area contributed by atoms with Gasteiger partial charge in [-0.25, -0.2) is 0 Å². The van der Waals surface area contributed by atoms with Crippen molar-refractivity contribution in [2.45, 2.75) is 103 Å². The minimum absolute atomic E-state index is 0. The van der Waals surface area contributed by atoms with Crippen LogP contribution in [-0.4, -0.2) is 29.6 Å². The number of aliphatic carboxylic acids is 1. The quantitative estimate of drug-likeness (QED) is 0.274. The number of hydrogen-bond donors (Lipinski definition) is 2. The van der Waals surface area contributed by atoms with Gasteiger partial charge in [0.25, 0.3) is 0 Å². The Morgan fingerprint density at radius 1 is 0.840 bits per heavy atom. The largest absolute Gasteiger partial charge is 1.00 e. The normalized spacial score (nSPS) is 11.6. The zero-order valence-electron chi connectivity index (χ0n) is 16.4.